The molecule has 2 aromatic carbocycles. The van der Waals surface area contributed by atoms with E-state index in [0.29, 0.717) is 11.1 Å². The molecule has 0 aliphatic heterocycles. The molecule has 1 aromatic heterocycles. The zero-order valence-electron chi connectivity index (χ0n) is 12.5. The summed E-state index contributed by atoms with van der Waals surface area (Å²) in [5.41, 5.74) is 1.88. The molecule has 1 heterocycles. The van der Waals surface area contributed by atoms with Crippen LogP contribution in [0.5, 0.6) is 0 Å². The van der Waals surface area contributed by atoms with Crippen molar-refractivity contribution in [2.45, 2.75) is 13.3 Å². The molecule has 5 heteroatoms. The van der Waals surface area contributed by atoms with Gasteiger partial charge in [-0.1, -0.05) is 30.3 Å². The van der Waals surface area contributed by atoms with Crippen molar-refractivity contribution in [1.29, 1.82) is 0 Å². The molecule has 0 fully saturated rings. The molecule has 0 spiro atoms. The van der Waals surface area contributed by atoms with Crippen LogP contribution in [0.3, 0.4) is 0 Å². The number of aromatic nitrogens is 2. The molecule has 0 aliphatic carbocycles. The van der Waals surface area contributed by atoms with E-state index in [1.54, 1.807) is 12.1 Å². The maximum atomic E-state index is 13.8. The Hall–Kier alpha value is -2.82. The Bertz CT molecular complexity index is 851. The highest BCUT2D eigenvalue weighted by atomic mass is 19.1. The van der Waals surface area contributed by atoms with Crippen LogP contribution in [-0.4, -0.2) is 15.6 Å². The first-order valence-corrected chi connectivity index (χ1v) is 7.13. The highest BCUT2D eigenvalue weighted by Crippen LogP contribution is 2.18. The Morgan fingerprint density at radius 2 is 1.78 bits per heavy atom. The smallest absolute Gasteiger partial charge is 0.167 e. The summed E-state index contributed by atoms with van der Waals surface area (Å²) in [5.74, 6) is -1.47. The first-order valence-electron chi connectivity index (χ1n) is 7.13. The largest absolute Gasteiger partial charge is 0.294 e. The van der Waals surface area contributed by atoms with Gasteiger partial charge in [0, 0.05) is 18.2 Å². The number of rotatable bonds is 4. The molecular weight excluding hydrogens is 298 g/mol. The highest BCUT2D eigenvalue weighted by Gasteiger charge is 2.14. The molecule has 116 valence electrons. The van der Waals surface area contributed by atoms with Crippen molar-refractivity contribution >= 4 is 5.78 Å². The fourth-order valence-electron chi connectivity index (χ4n) is 2.45. The molecule has 0 saturated carbocycles. The Morgan fingerprint density at radius 3 is 2.48 bits per heavy atom. The third kappa shape index (κ3) is 3.04. The number of hydrogen-bond acceptors (Lipinski definition) is 2. The van der Waals surface area contributed by atoms with Gasteiger partial charge in [0.1, 0.15) is 5.69 Å². The second-order valence-electron chi connectivity index (χ2n) is 5.28. The van der Waals surface area contributed by atoms with E-state index in [-0.39, 0.29) is 17.9 Å². The van der Waals surface area contributed by atoms with E-state index in [0.717, 1.165) is 22.4 Å². The zero-order chi connectivity index (χ0) is 16.4. The van der Waals surface area contributed by atoms with E-state index in [4.69, 9.17) is 0 Å². The molecule has 0 bridgehead atoms. The summed E-state index contributed by atoms with van der Waals surface area (Å²) in [6.07, 6.45) is 3.04. The van der Waals surface area contributed by atoms with E-state index in [1.807, 2.05) is 19.1 Å². The quantitative estimate of drug-likeness (QED) is 0.685. The number of Topliss-reactive ketones (excluding diaryl/α,β-unsaturated/α-hetero) is 1. The van der Waals surface area contributed by atoms with Gasteiger partial charge in [0.2, 0.25) is 0 Å². The molecule has 0 aliphatic rings. The van der Waals surface area contributed by atoms with Gasteiger partial charge in [-0.05, 0) is 30.2 Å². The summed E-state index contributed by atoms with van der Waals surface area (Å²) in [6.45, 7) is 1.87. The SMILES string of the molecule is Cc1ccccc1C(=O)Cc1cnn(-c2c(F)cccc2F)c1. The number of carbonyl (C=O) groups is 1. The number of carbonyl (C=O) groups excluding carboxylic acids is 1. The first-order chi connectivity index (χ1) is 11.1. The second-order valence-corrected chi connectivity index (χ2v) is 5.28. The van der Waals surface area contributed by atoms with Crippen LogP contribution in [0, 0.1) is 18.6 Å². The fraction of sp³-hybridized carbons (Fsp3) is 0.111. The normalized spacial score (nSPS) is 10.7. The number of nitrogens with zero attached hydrogens (tertiary/aromatic N) is 2. The van der Waals surface area contributed by atoms with Gasteiger partial charge in [-0.25, -0.2) is 13.5 Å². The van der Waals surface area contributed by atoms with Crippen LogP contribution in [0.1, 0.15) is 21.5 Å². The van der Waals surface area contributed by atoms with Crippen molar-refractivity contribution in [3.8, 4) is 5.69 Å². The van der Waals surface area contributed by atoms with Crippen molar-refractivity contribution in [3.05, 3.63) is 83.2 Å². The summed E-state index contributed by atoms with van der Waals surface area (Å²) in [7, 11) is 0. The molecule has 23 heavy (non-hydrogen) atoms. The van der Waals surface area contributed by atoms with Crippen molar-refractivity contribution in [3.63, 3.8) is 0 Å². The van der Waals surface area contributed by atoms with Crippen LogP contribution in [0.15, 0.2) is 54.9 Å². The number of ketones is 1. The third-order valence-corrected chi connectivity index (χ3v) is 3.61. The molecule has 3 rings (SSSR count). The summed E-state index contributed by atoms with van der Waals surface area (Å²) < 4.78 is 28.6. The van der Waals surface area contributed by atoms with Gasteiger partial charge in [0.25, 0.3) is 0 Å². The lowest BCUT2D eigenvalue weighted by Crippen LogP contribution is -2.05. The maximum absolute atomic E-state index is 13.8. The summed E-state index contributed by atoms with van der Waals surface area (Å²) >= 11 is 0. The number of benzene rings is 2. The minimum absolute atomic E-state index is 0.0587. The van der Waals surface area contributed by atoms with Crippen LogP contribution in [0.25, 0.3) is 5.69 Å². The van der Waals surface area contributed by atoms with Crippen molar-refractivity contribution in [1.82, 2.24) is 9.78 Å². The van der Waals surface area contributed by atoms with Crippen LogP contribution in [-0.2, 0) is 6.42 Å². The van der Waals surface area contributed by atoms with E-state index in [2.05, 4.69) is 5.10 Å². The average Bonchev–Trinajstić information content (AvgIpc) is 2.95. The third-order valence-electron chi connectivity index (χ3n) is 3.61. The predicted octanol–water partition coefficient (Wildman–Crippen LogP) is 3.88. The lowest BCUT2D eigenvalue weighted by atomic mass is 10.0. The van der Waals surface area contributed by atoms with Crippen molar-refractivity contribution in [2.24, 2.45) is 0 Å². The molecule has 0 unspecified atom stereocenters. The minimum atomic E-state index is -0.704. The Kier molecular flexibility index (Phi) is 4.02. The molecular formula is C18H14F2N2O. The van der Waals surface area contributed by atoms with Crippen LogP contribution >= 0.6 is 0 Å². The summed E-state index contributed by atoms with van der Waals surface area (Å²) in [6, 6.07) is 10.9. The molecule has 0 amide bonds. The summed E-state index contributed by atoms with van der Waals surface area (Å²) in [4.78, 5) is 12.3. The van der Waals surface area contributed by atoms with E-state index < -0.39 is 11.6 Å². The van der Waals surface area contributed by atoms with Gasteiger partial charge >= 0.3 is 0 Å². The highest BCUT2D eigenvalue weighted by molar-refractivity contribution is 5.98. The van der Waals surface area contributed by atoms with Gasteiger partial charge < -0.3 is 0 Å². The van der Waals surface area contributed by atoms with Crippen LogP contribution in [0.4, 0.5) is 8.78 Å². The molecule has 0 radical (unpaired) electrons. The zero-order valence-corrected chi connectivity index (χ0v) is 12.5. The maximum Gasteiger partial charge on any atom is 0.167 e. The van der Waals surface area contributed by atoms with E-state index in [9.17, 15) is 13.6 Å². The van der Waals surface area contributed by atoms with Gasteiger partial charge in [-0.3, -0.25) is 4.79 Å². The number of halogens is 2. The standard InChI is InChI=1S/C18H14F2N2O/c1-12-5-2-3-6-14(12)17(23)9-13-10-21-22(11-13)18-15(19)7-4-8-16(18)20/h2-8,10-11H,9H2,1H3. The van der Waals surface area contributed by atoms with Crippen molar-refractivity contribution < 1.29 is 13.6 Å². The number of hydrogen-bond donors (Lipinski definition) is 0. The van der Waals surface area contributed by atoms with Gasteiger partial charge in [0.05, 0.1) is 6.20 Å². The fourth-order valence-corrected chi connectivity index (χ4v) is 2.45. The molecule has 0 atom stereocenters. The lowest BCUT2D eigenvalue weighted by Gasteiger charge is -2.04. The topological polar surface area (TPSA) is 34.9 Å². The van der Waals surface area contributed by atoms with Gasteiger partial charge in [0.15, 0.2) is 17.4 Å². The van der Waals surface area contributed by atoms with E-state index in [1.165, 1.54) is 18.5 Å². The average molecular weight is 312 g/mol. The molecule has 3 nitrogen and oxygen atoms in total. The predicted molar refractivity (Wildman–Crippen MR) is 82.7 cm³/mol. The van der Waals surface area contributed by atoms with Crippen molar-refractivity contribution in [2.75, 3.05) is 0 Å². The van der Waals surface area contributed by atoms with Gasteiger partial charge in [-0.2, -0.15) is 5.10 Å². The number of para-hydroxylation sites is 1. The van der Waals surface area contributed by atoms with Crippen LogP contribution < -0.4 is 0 Å². The molecule has 0 saturated heterocycles. The first kappa shape index (κ1) is 15.1. The summed E-state index contributed by atoms with van der Waals surface area (Å²) in [5, 5.41) is 3.96. The number of aryl methyl sites for hydroxylation is 1. The second kappa shape index (κ2) is 6.12. The lowest BCUT2D eigenvalue weighted by molar-refractivity contribution is 0.0992. The Balaban J connectivity index is 1.86. The minimum Gasteiger partial charge on any atom is -0.294 e. The Morgan fingerprint density at radius 1 is 1.09 bits per heavy atom. The van der Waals surface area contributed by atoms with Crippen LogP contribution in [0.2, 0.25) is 0 Å². The molecule has 3 aromatic rings. The van der Waals surface area contributed by atoms with E-state index >= 15 is 0 Å². The Labute approximate surface area is 132 Å². The molecule has 0 N–H and O–H groups in total. The van der Waals surface area contributed by atoms with Gasteiger partial charge in [-0.15, -0.1) is 0 Å². The monoisotopic (exact) mass is 312 g/mol.